The number of nitrogens with zero attached hydrogens (tertiary/aromatic N) is 4. The fraction of sp³-hybridized carbons (Fsp3) is 0.333. The Hall–Kier alpha value is -3.02. The molecule has 1 aromatic carbocycles. The Morgan fingerprint density at radius 2 is 1.81 bits per heavy atom. The lowest BCUT2D eigenvalue weighted by molar-refractivity contribution is 0.644. The first kappa shape index (κ1) is 18.8. The molecule has 0 unspecified atom stereocenters. The molecule has 142 valence electrons. The molecule has 3 aromatic rings. The zero-order valence-corrected chi connectivity index (χ0v) is 15.9. The number of aliphatic imine (C=N–C) groups is 1. The predicted octanol–water partition coefficient (Wildman–Crippen LogP) is 2.68. The molecule has 2 aromatic heterocycles. The summed E-state index contributed by atoms with van der Waals surface area (Å²) in [4.78, 5) is 9.17. The Labute approximate surface area is 161 Å². The van der Waals surface area contributed by atoms with E-state index in [1.54, 1.807) is 0 Å². The van der Waals surface area contributed by atoms with Crippen molar-refractivity contribution in [2.45, 2.75) is 33.0 Å². The number of aromatic nitrogens is 3. The summed E-state index contributed by atoms with van der Waals surface area (Å²) in [5.41, 5.74) is 1.33. The van der Waals surface area contributed by atoms with Gasteiger partial charge in [-0.25, -0.2) is 9.98 Å². The van der Waals surface area contributed by atoms with Crippen LogP contribution in [0.1, 0.15) is 18.3 Å². The van der Waals surface area contributed by atoms with Crippen LogP contribution in [0.2, 0.25) is 0 Å². The maximum Gasteiger partial charge on any atom is 0.191 e. The third-order valence-electron chi connectivity index (χ3n) is 4.34. The molecule has 0 radical (unpaired) electrons. The Balaban J connectivity index is 1.53. The average Bonchev–Trinajstić information content (AvgIpc) is 3.37. The van der Waals surface area contributed by atoms with E-state index in [2.05, 4.69) is 68.3 Å². The summed E-state index contributed by atoms with van der Waals surface area (Å²) >= 11 is 0. The van der Waals surface area contributed by atoms with Crippen LogP contribution in [0.4, 0.5) is 0 Å². The Bertz CT molecular complexity index is 804. The van der Waals surface area contributed by atoms with Crippen LogP contribution in [-0.2, 0) is 26.1 Å². The van der Waals surface area contributed by atoms with Gasteiger partial charge in [0.05, 0.1) is 0 Å². The normalized spacial score (nSPS) is 11.5. The number of benzene rings is 1. The van der Waals surface area contributed by atoms with Crippen molar-refractivity contribution >= 4 is 5.96 Å². The van der Waals surface area contributed by atoms with Crippen LogP contribution in [-0.4, -0.2) is 33.2 Å². The van der Waals surface area contributed by atoms with Crippen molar-refractivity contribution in [3.8, 4) is 0 Å². The van der Waals surface area contributed by atoms with Gasteiger partial charge >= 0.3 is 0 Å². The van der Waals surface area contributed by atoms with Gasteiger partial charge in [-0.1, -0.05) is 30.3 Å². The molecule has 0 aliphatic rings. The summed E-state index contributed by atoms with van der Waals surface area (Å²) in [6.07, 6.45) is 9.00. The first-order valence-corrected chi connectivity index (χ1v) is 9.52. The lowest BCUT2D eigenvalue weighted by Gasteiger charge is -2.12. The number of imidazole rings is 1. The summed E-state index contributed by atoms with van der Waals surface area (Å²) in [7, 11) is 0. The van der Waals surface area contributed by atoms with Gasteiger partial charge in [-0.2, -0.15) is 0 Å². The molecule has 0 atom stereocenters. The highest BCUT2D eigenvalue weighted by Crippen LogP contribution is 2.05. The molecule has 0 amide bonds. The molecule has 0 aliphatic heterocycles. The van der Waals surface area contributed by atoms with Crippen molar-refractivity contribution in [2.75, 3.05) is 13.1 Å². The standard InChI is InChI=1S/C21H28N6/c1-2-22-21(24-11-16-26-13-6-7-14-26)25-18-20-23-12-17-27(20)15-10-19-8-4-3-5-9-19/h3-9,12-14,17H,2,10-11,15-16,18H2,1H3,(H2,22,24,25). The van der Waals surface area contributed by atoms with Gasteiger partial charge in [0.2, 0.25) is 0 Å². The molecule has 6 nitrogen and oxygen atoms in total. The van der Waals surface area contributed by atoms with E-state index in [4.69, 9.17) is 4.99 Å². The second-order valence-corrected chi connectivity index (χ2v) is 6.32. The Morgan fingerprint density at radius 3 is 2.59 bits per heavy atom. The maximum atomic E-state index is 4.69. The smallest absolute Gasteiger partial charge is 0.191 e. The summed E-state index contributed by atoms with van der Waals surface area (Å²) in [6.45, 7) is 6.10. The lowest BCUT2D eigenvalue weighted by atomic mass is 10.1. The molecule has 0 saturated carbocycles. The second kappa shape index (κ2) is 10.2. The number of nitrogens with one attached hydrogen (secondary N) is 2. The predicted molar refractivity (Wildman–Crippen MR) is 110 cm³/mol. The second-order valence-electron chi connectivity index (χ2n) is 6.32. The van der Waals surface area contributed by atoms with Crippen molar-refractivity contribution in [1.82, 2.24) is 24.8 Å². The molecule has 0 aliphatic carbocycles. The average molecular weight is 364 g/mol. The SMILES string of the molecule is CCNC(=NCc1nccn1CCc1ccccc1)NCCn1cccc1. The van der Waals surface area contributed by atoms with Gasteiger partial charge in [0, 0.05) is 51.0 Å². The Kier molecular flexibility index (Phi) is 7.09. The van der Waals surface area contributed by atoms with E-state index >= 15 is 0 Å². The highest BCUT2D eigenvalue weighted by Gasteiger charge is 2.04. The van der Waals surface area contributed by atoms with Gasteiger partial charge in [0.25, 0.3) is 0 Å². The molecular formula is C21H28N6. The van der Waals surface area contributed by atoms with Gasteiger partial charge in [0.1, 0.15) is 12.4 Å². The van der Waals surface area contributed by atoms with Crippen LogP contribution < -0.4 is 10.6 Å². The van der Waals surface area contributed by atoms with Crippen molar-refractivity contribution < 1.29 is 0 Å². The zero-order valence-electron chi connectivity index (χ0n) is 15.9. The number of hydrogen-bond acceptors (Lipinski definition) is 2. The molecule has 2 N–H and O–H groups in total. The minimum absolute atomic E-state index is 0.556. The molecule has 0 bridgehead atoms. The van der Waals surface area contributed by atoms with Crippen LogP contribution in [0.15, 0.2) is 72.2 Å². The van der Waals surface area contributed by atoms with Crippen LogP contribution >= 0.6 is 0 Å². The number of aryl methyl sites for hydroxylation is 2. The largest absolute Gasteiger partial charge is 0.357 e. The van der Waals surface area contributed by atoms with E-state index in [1.165, 1.54) is 5.56 Å². The third-order valence-corrected chi connectivity index (χ3v) is 4.34. The van der Waals surface area contributed by atoms with Gasteiger partial charge in [-0.3, -0.25) is 0 Å². The van der Waals surface area contributed by atoms with Crippen LogP contribution in [0.25, 0.3) is 0 Å². The Morgan fingerprint density at radius 1 is 1.00 bits per heavy atom. The molecule has 0 spiro atoms. The van der Waals surface area contributed by atoms with E-state index in [1.807, 2.05) is 30.6 Å². The van der Waals surface area contributed by atoms with Gasteiger partial charge in [-0.05, 0) is 31.0 Å². The van der Waals surface area contributed by atoms with E-state index in [9.17, 15) is 0 Å². The molecule has 3 rings (SSSR count). The summed E-state index contributed by atoms with van der Waals surface area (Å²) in [5.74, 6) is 1.80. The van der Waals surface area contributed by atoms with Gasteiger partial charge in [0.15, 0.2) is 5.96 Å². The van der Waals surface area contributed by atoms with Gasteiger partial charge < -0.3 is 19.8 Å². The summed E-state index contributed by atoms with van der Waals surface area (Å²) in [6, 6.07) is 14.6. The molecular weight excluding hydrogens is 336 g/mol. The number of hydrogen-bond donors (Lipinski definition) is 2. The zero-order chi connectivity index (χ0) is 18.7. The molecule has 2 heterocycles. The van der Waals surface area contributed by atoms with Crippen LogP contribution in [0, 0.1) is 0 Å². The number of rotatable bonds is 9. The minimum Gasteiger partial charge on any atom is -0.357 e. The maximum absolute atomic E-state index is 4.69. The van der Waals surface area contributed by atoms with Crippen molar-refractivity contribution in [3.63, 3.8) is 0 Å². The topological polar surface area (TPSA) is 59.2 Å². The fourth-order valence-electron chi connectivity index (χ4n) is 2.90. The van der Waals surface area contributed by atoms with Crippen LogP contribution in [0.5, 0.6) is 0 Å². The van der Waals surface area contributed by atoms with E-state index in [0.29, 0.717) is 6.54 Å². The number of guanidine groups is 1. The highest BCUT2D eigenvalue weighted by atomic mass is 15.2. The van der Waals surface area contributed by atoms with E-state index in [-0.39, 0.29) is 0 Å². The van der Waals surface area contributed by atoms with Crippen molar-refractivity contribution in [3.05, 3.63) is 78.6 Å². The first-order chi connectivity index (χ1) is 13.3. The van der Waals surface area contributed by atoms with Crippen LogP contribution in [0.3, 0.4) is 0 Å². The van der Waals surface area contributed by atoms with Crippen molar-refractivity contribution in [1.29, 1.82) is 0 Å². The molecule has 6 heteroatoms. The monoisotopic (exact) mass is 364 g/mol. The summed E-state index contributed by atoms with van der Waals surface area (Å²) in [5, 5.41) is 6.67. The minimum atomic E-state index is 0.556. The molecule has 0 saturated heterocycles. The molecule has 0 fully saturated rings. The highest BCUT2D eigenvalue weighted by molar-refractivity contribution is 5.79. The van der Waals surface area contributed by atoms with E-state index in [0.717, 1.165) is 44.4 Å². The van der Waals surface area contributed by atoms with Crippen molar-refractivity contribution in [2.24, 2.45) is 4.99 Å². The van der Waals surface area contributed by atoms with E-state index < -0.39 is 0 Å². The fourth-order valence-corrected chi connectivity index (χ4v) is 2.90. The lowest BCUT2D eigenvalue weighted by Crippen LogP contribution is -2.38. The third kappa shape index (κ3) is 6.02. The van der Waals surface area contributed by atoms with Gasteiger partial charge in [-0.15, -0.1) is 0 Å². The summed E-state index contributed by atoms with van der Waals surface area (Å²) < 4.78 is 4.33. The molecule has 27 heavy (non-hydrogen) atoms. The first-order valence-electron chi connectivity index (χ1n) is 9.52. The quantitative estimate of drug-likeness (QED) is 0.453.